The Bertz CT molecular complexity index is 391. The molecule has 2 aliphatic rings. The summed E-state index contributed by atoms with van der Waals surface area (Å²) in [6.07, 6.45) is 7.29. The third-order valence-electron chi connectivity index (χ3n) is 3.77. The Balaban J connectivity index is 1.53. The molecule has 0 bridgehead atoms. The van der Waals surface area contributed by atoms with E-state index in [0.717, 1.165) is 50.5 Å². The Kier molecular flexibility index (Phi) is 3.63. The molecule has 2 heterocycles. The summed E-state index contributed by atoms with van der Waals surface area (Å²) in [5.74, 6) is -0.241. The zero-order valence-electron chi connectivity index (χ0n) is 10.8. The molecule has 0 aromatic carbocycles. The lowest BCUT2D eigenvalue weighted by molar-refractivity contribution is -0.175. The van der Waals surface area contributed by atoms with E-state index in [4.69, 9.17) is 9.47 Å². The number of imidazole rings is 1. The van der Waals surface area contributed by atoms with E-state index in [9.17, 15) is 0 Å². The van der Waals surface area contributed by atoms with Crippen LogP contribution in [0.3, 0.4) is 0 Å². The average molecular weight is 268 g/mol. The molecule has 5 heteroatoms. The number of aromatic nitrogens is 2. The number of hydrogen-bond acceptors (Lipinski definition) is 4. The summed E-state index contributed by atoms with van der Waals surface area (Å²) in [5, 5.41) is 1.69. The highest BCUT2D eigenvalue weighted by molar-refractivity contribution is 7.99. The minimum atomic E-state index is -0.241. The highest BCUT2D eigenvalue weighted by atomic mass is 32.2. The fourth-order valence-corrected chi connectivity index (χ4v) is 3.76. The molecule has 4 nitrogen and oxygen atoms in total. The van der Waals surface area contributed by atoms with Crippen molar-refractivity contribution in [3.05, 3.63) is 11.9 Å². The molecule has 1 aliphatic heterocycles. The zero-order valence-corrected chi connectivity index (χ0v) is 11.6. The molecule has 1 saturated carbocycles. The summed E-state index contributed by atoms with van der Waals surface area (Å²) in [6.45, 7) is 3.66. The maximum absolute atomic E-state index is 5.75. The highest BCUT2D eigenvalue weighted by Crippen LogP contribution is 2.40. The third kappa shape index (κ3) is 2.58. The minimum Gasteiger partial charge on any atom is -0.348 e. The monoisotopic (exact) mass is 268 g/mol. The fraction of sp³-hybridized carbons (Fsp3) is 0.769. The van der Waals surface area contributed by atoms with Gasteiger partial charge in [0.15, 0.2) is 10.9 Å². The Morgan fingerprint density at radius 2 is 2.11 bits per heavy atom. The van der Waals surface area contributed by atoms with Crippen LogP contribution in [0.1, 0.15) is 38.3 Å². The Hall–Kier alpha value is -0.520. The van der Waals surface area contributed by atoms with Crippen LogP contribution < -0.4 is 0 Å². The second-order valence-corrected chi connectivity index (χ2v) is 6.28. The van der Waals surface area contributed by atoms with Gasteiger partial charge in [-0.1, -0.05) is 18.7 Å². The molecule has 0 atom stereocenters. The topological polar surface area (TPSA) is 47.1 Å². The largest absolute Gasteiger partial charge is 0.348 e. The number of nitrogens with zero attached hydrogens (tertiary/aromatic N) is 1. The van der Waals surface area contributed by atoms with Crippen LogP contribution in [0.15, 0.2) is 11.4 Å². The fourth-order valence-electron chi connectivity index (χ4n) is 2.67. The zero-order chi connectivity index (χ0) is 12.4. The molecule has 1 aromatic rings. The first-order valence-electron chi connectivity index (χ1n) is 6.78. The van der Waals surface area contributed by atoms with E-state index in [1.54, 1.807) is 0 Å². The van der Waals surface area contributed by atoms with Crippen LogP contribution >= 0.6 is 11.8 Å². The third-order valence-corrected chi connectivity index (χ3v) is 5.01. The summed E-state index contributed by atoms with van der Waals surface area (Å²) in [4.78, 5) is 7.78. The molecule has 2 fully saturated rings. The van der Waals surface area contributed by atoms with Gasteiger partial charge in [0, 0.05) is 30.0 Å². The molecule has 1 aliphatic carbocycles. The van der Waals surface area contributed by atoms with Crippen molar-refractivity contribution in [1.29, 1.82) is 0 Å². The van der Waals surface area contributed by atoms with Gasteiger partial charge < -0.3 is 14.5 Å². The SMILES string of the molecule is CCc1cnc(SC2CCC3(CC2)OCCO3)[nH]1. The number of hydrogen-bond donors (Lipinski definition) is 1. The van der Waals surface area contributed by atoms with Gasteiger partial charge in [0.2, 0.25) is 0 Å². The van der Waals surface area contributed by atoms with E-state index in [1.807, 2.05) is 18.0 Å². The molecule has 1 N–H and O–H groups in total. The molecule has 0 unspecified atom stereocenters. The number of nitrogens with one attached hydrogen (secondary N) is 1. The van der Waals surface area contributed by atoms with Gasteiger partial charge in [-0.2, -0.15) is 0 Å². The van der Waals surface area contributed by atoms with Gasteiger partial charge in [-0.05, 0) is 19.3 Å². The first kappa shape index (κ1) is 12.5. The number of thioether (sulfide) groups is 1. The summed E-state index contributed by atoms with van der Waals surface area (Å²) in [6, 6.07) is 0. The summed E-state index contributed by atoms with van der Waals surface area (Å²) in [5.41, 5.74) is 1.22. The highest BCUT2D eigenvalue weighted by Gasteiger charge is 2.40. The number of aryl methyl sites for hydroxylation is 1. The first-order chi connectivity index (χ1) is 8.80. The lowest BCUT2D eigenvalue weighted by Crippen LogP contribution is -2.35. The Morgan fingerprint density at radius 3 is 2.72 bits per heavy atom. The Labute approximate surface area is 112 Å². The van der Waals surface area contributed by atoms with Crippen molar-refractivity contribution in [2.75, 3.05) is 13.2 Å². The summed E-state index contributed by atoms with van der Waals surface area (Å²) >= 11 is 1.87. The normalized spacial score (nSPS) is 23.8. The van der Waals surface area contributed by atoms with Crippen molar-refractivity contribution in [3.8, 4) is 0 Å². The second-order valence-electron chi connectivity index (χ2n) is 4.99. The average Bonchev–Trinajstić information content (AvgIpc) is 3.02. The lowest BCUT2D eigenvalue weighted by Gasteiger charge is -2.34. The van der Waals surface area contributed by atoms with E-state index < -0.39 is 0 Å². The maximum Gasteiger partial charge on any atom is 0.168 e. The van der Waals surface area contributed by atoms with Gasteiger partial charge in [-0.25, -0.2) is 4.98 Å². The predicted octanol–water partition coefficient (Wildman–Crippen LogP) is 2.75. The molecule has 0 radical (unpaired) electrons. The van der Waals surface area contributed by atoms with Gasteiger partial charge in [-0.3, -0.25) is 0 Å². The smallest absolute Gasteiger partial charge is 0.168 e. The van der Waals surface area contributed by atoms with Gasteiger partial charge in [0.05, 0.1) is 13.2 Å². The number of ether oxygens (including phenoxy) is 2. The van der Waals surface area contributed by atoms with Crippen molar-refractivity contribution < 1.29 is 9.47 Å². The van der Waals surface area contributed by atoms with E-state index >= 15 is 0 Å². The quantitative estimate of drug-likeness (QED) is 0.915. The standard InChI is InChI=1S/C13H20N2O2S/c1-2-10-9-14-12(15-10)18-11-3-5-13(6-4-11)16-7-8-17-13/h9,11H,2-8H2,1H3,(H,14,15). The van der Waals surface area contributed by atoms with Crippen LogP contribution in [-0.2, 0) is 15.9 Å². The second kappa shape index (κ2) is 5.23. The number of rotatable bonds is 3. The number of H-pyrrole nitrogens is 1. The molecule has 3 rings (SSSR count). The molecular weight excluding hydrogens is 248 g/mol. The van der Waals surface area contributed by atoms with E-state index in [2.05, 4.69) is 16.9 Å². The van der Waals surface area contributed by atoms with Gasteiger partial charge in [0.1, 0.15) is 0 Å². The molecule has 100 valence electrons. The molecule has 0 amide bonds. The summed E-state index contributed by atoms with van der Waals surface area (Å²) < 4.78 is 11.5. The lowest BCUT2D eigenvalue weighted by atomic mass is 9.94. The van der Waals surface area contributed by atoms with E-state index in [1.165, 1.54) is 5.69 Å². The van der Waals surface area contributed by atoms with Crippen LogP contribution in [0.4, 0.5) is 0 Å². The van der Waals surface area contributed by atoms with Crippen molar-refractivity contribution in [1.82, 2.24) is 9.97 Å². The Morgan fingerprint density at radius 1 is 1.39 bits per heavy atom. The number of aromatic amines is 1. The van der Waals surface area contributed by atoms with Crippen LogP contribution in [-0.4, -0.2) is 34.2 Å². The maximum atomic E-state index is 5.75. The van der Waals surface area contributed by atoms with Gasteiger partial charge >= 0.3 is 0 Å². The molecule has 1 saturated heterocycles. The van der Waals surface area contributed by atoms with Crippen molar-refractivity contribution in [2.45, 2.75) is 55.2 Å². The van der Waals surface area contributed by atoms with Crippen molar-refractivity contribution in [3.63, 3.8) is 0 Å². The summed E-state index contributed by atoms with van der Waals surface area (Å²) in [7, 11) is 0. The van der Waals surface area contributed by atoms with Gasteiger partial charge in [0.25, 0.3) is 0 Å². The van der Waals surface area contributed by atoms with E-state index in [0.29, 0.717) is 5.25 Å². The first-order valence-corrected chi connectivity index (χ1v) is 7.66. The predicted molar refractivity (Wildman–Crippen MR) is 70.7 cm³/mol. The van der Waals surface area contributed by atoms with Crippen molar-refractivity contribution in [2.24, 2.45) is 0 Å². The van der Waals surface area contributed by atoms with Gasteiger partial charge in [-0.15, -0.1) is 0 Å². The molecule has 18 heavy (non-hydrogen) atoms. The molecule has 1 spiro atoms. The molecule has 1 aromatic heterocycles. The molecular formula is C13H20N2O2S. The van der Waals surface area contributed by atoms with Crippen LogP contribution in [0.25, 0.3) is 0 Å². The van der Waals surface area contributed by atoms with Crippen LogP contribution in [0.5, 0.6) is 0 Å². The minimum absolute atomic E-state index is 0.241. The van der Waals surface area contributed by atoms with Crippen LogP contribution in [0.2, 0.25) is 0 Å². The van der Waals surface area contributed by atoms with E-state index in [-0.39, 0.29) is 5.79 Å². The van der Waals surface area contributed by atoms with Crippen molar-refractivity contribution >= 4 is 11.8 Å². The van der Waals surface area contributed by atoms with Crippen LogP contribution in [0, 0.1) is 0 Å².